The van der Waals surface area contributed by atoms with E-state index in [1.807, 2.05) is 32.9 Å². The molecular formula is C16H16F2. The molecule has 0 atom stereocenters. The zero-order valence-electron chi connectivity index (χ0n) is 10.8. The summed E-state index contributed by atoms with van der Waals surface area (Å²) in [5, 5.41) is 0. The minimum absolute atomic E-state index is 0.129. The lowest BCUT2D eigenvalue weighted by Crippen LogP contribution is -1.98. The molecule has 0 aliphatic rings. The van der Waals surface area contributed by atoms with E-state index < -0.39 is 0 Å². The molecule has 2 rings (SSSR count). The molecule has 0 saturated heterocycles. The first-order chi connectivity index (χ1) is 8.50. The highest BCUT2D eigenvalue weighted by molar-refractivity contribution is 5.69. The average Bonchev–Trinajstić information content (AvgIpc) is 2.31. The van der Waals surface area contributed by atoms with E-state index in [1.54, 1.807) is 12.1 Å². The van der Waals surface area contributed by atoms with Crippen LogP contribution < -0.4 is 0 Å². The molecule has 0 bridgehead atoms. The first-order valence-corrected chi connectivity index (χ1v) is 6.05. The summed E-state index contributed by atoms with van der Waals surface area (Å²) in [6.45, 7) is 5.79. The molecule has 0 aliphatic carbocycles. The Labute approximate surface area is 106 Å². The second-order valence-electron chi connectivity index (χ2n) is 4.82. The van der Waals surface area contributed by atoms with E-state index in [1.165, 1.54) is 12.1 Å². The van der Waals surface area contributed by atoms with Gasteiger partial charge in [-0.3, -0.25) is 0 Å². The summed E-state index contributed by atoms with van der Waals surface area (Å²) in [6.07, 6.45) is 0. The summed E-state index contributed by atoms with van der Waals surface area (Å²) in [6, 6.07) is 9.68. The first kappa shape index (κ1) is 12.7. The van der Waals surface area contributed by atoms with Crippen LogP contribution in [-0.4, -0.2) is 0 Å². The zero-order chi connectivity index (χ0) is 13.3. The van der Waals surface area contributed by atoms with Gasteiger partial charge in [0.2, 0.25) is 0 Å². The standard InChI is InChI=1S/C16H16F2/c1-10(2)14-9-4-11(3)15(16(14)18)12-5-7-13(17)8-6-12/h4-10H,1-3H3. The van der Waals surface area contributed by atoms with Gasteiger partial charge in [-0.25, -0.2) is 8.78 Å². The Morgan fingerprint density at radius 2 is 1.50 bits per heavy atom. The molecule has 2 aromatic carbocycles. The lowest BCUT2D eigenvalue weighted by Gasteiger charge is -2.14. The minimum Gasteiger partial charge on any atom is -0.207 e. The molecule has 0 amide bonds. The van der Waals surface area contributed by atoms with Crippen molar-refractivity contribution in [2.24, 2.45) is 0 Å². The van der Waals surface area contributed by atoms with Crippen molar-refractivity contribution in [2.45, 2.75) is 26.7 Å². The van der Waals surface area contributed by atoms with Crippen LogP contribution in [0.4, 0.5) is 8.78 Å². The molecule has 0 saturated carbocycles. The molecule has 0 spiro atoms. The Hall–Kier alpha value is -1.70. The van der Waals surface area contributed by atoms with Gasteiger partial charge in [-0.2, -0.15) is 0 Å². The smallest absolute Gasteiger partial charge is 0.134 e. The Bertz CT molecular complexity index is 554. The monoisotopic (exact) mass is 246 g/mol. The third kappa shape index (κ3) is 2.28. The maximum absolute atomic E-state index is 14.5. The van der Waals surface area contributed by atoms with Crippen molar-refractivity contribution in [3.63, 3.8) is 0 Å². The van der Waals surface area contributed by atoms with Crippen molar-refractivity contribution in [3.8, 4) is 11.1 Å². The van der Waals surface area contributed by atoms with Crippen molar-refractivity contribution in [2.75, 3.05) is 0 Å². The zero-order valence-corrected chi connectivity index (χ0v) is 10.8. The van der Waals surface area contributed by atoms with E-state index in [0.717, 1.165) is 5.56 Å². The molecule has 0 unspecified atom stereocenters. The van der Waals surface area contributed by atoms with Crippen molar-refractivity contribution >= 4 is 0 Å². The number of halogens is 2. The van der Waals surface area contributed by atoms with Gasteiger partial charge in [-0.1, -0.05) is 38.1 Å². The SMILES string of the molecule is Cc1ccc(C(C)C)c(F)c1-c1ccc(F)cc1. The topological polar surface area (TPSA) is 0 Å². The van der Waals surface area contributed by atoms with Crippen molar-refractivity contribution < 1.29 is 8.78 Å². The predicted molar refractivity (Wildman–Crippen MR) is 70.6 cm³/mol. The summed E-state index contributed by atoms with van der Waals surface area (Å²) >= 11 is 0. The van der Waals surface area contributed by atoms with Crippen LogP contribution in [0.25, 0.3) is 11.1 Å². The highest BCUT2D eigenvalue weighted by Crippen LogP contribution is 2.31. The van der Waals surface area contributed by atoms with Crippen molar-refractivity contribution in [1.82, 2.24) is 0 Å². The second-order valence-corrected chi connectivity index (χ2v) is 4.82. The van der Waals surface area contributed by atoms with E-state index in [0.29, 0.717) is 16.7 Å². The molecule has 0 N–H and O–H groups in total. The summed E-state index contributed by atoms with van der Waals surface area (Å²) < 4.78 is 27.4. The largest absolute Gasteiger partial charge is 0.207 e. The van der Waals surface area contributed by atoms with Gasteiger partial charge in [0.1, 0.15) is 11.6 Å². The fourth-order valence-electron chi connectivity index (χ4n) is 2.11. The molecule has 2 heteroatoms. The third-order valence-electron chi connectivity index (χ3n) is 3.14. The van der Waals surface area contributed by atoms with Crippen molar-refractivity contribution in [1.29, 1.82) is 0 Å². The van der Waals surface area contributed by atoms with Gasteiger partial charge in [-0.05, 0) is 41.7 Å². The first-order valence-electron chi connectivity index (χ1n) is 6.05. The van der Waals surface area contributed by atoms with Gasteiger partial charge >= 0.3 is 0 Å². The lowest BCUT2D eigenvalue weighted by molar-refractivity contribution is 0.600. The van der Waals surface area contributed by atoms with Crippen LogP contribution in [0.1, 0.15) is 30.9 Å². The Morgan fingerprint density at radius 3 is 2.06 bits per heavy atom. The molecule has 0 heterocycles. The molecule has 2 aromatic rings. The van der Waals surface area contributed by atoms with Crippen LogP contribution in [0.3, 0.4) is 0 Å². The maximum atomic E-state index is 14.5. The molecule has 18 heavy (non-hydrogen) atoms. The van der Waals surface area contributed by atoms with Crippen LogP contribution in [0.15, 0.2) is 36.4 Å². The number of benzene rings is 2. The van der Waals surface area contributed by atoms with Gasteiger partial charge in [0.05, 0.1) is 0 Å². The third-order valence-corrected chi connectivity index (χ3v) is 3.14. The van der Waals surface area contributed by atoms with Gasteiger partial charge < -0.3 is 0 Å². The fourth-order valence-corrected chi connectivity index (χ4v) is 2.11. The van der Waals surface area contributed by atoms with E-state index in [-0.39, 0.29) is 17.6 Å². The number of hydrogen-bond donors (Lipinski definition) is 0. The number of hydrogen-bond acceptors (Lipinski definition) is 0. The minimum atomic E-state index is -0.308. The molecule has 0 aromatic heterocycles. The van der Waals surface area contributed by atoms with Crippen LogP contribution >= 0.6 is 0 Å². The van der Waals surface area contributed by atoms with E-state index in [2.05, 4.69) is 0 Å². The molecular weight excluding hydrogens is 230 g/mol. The van der Waals surface area contributed by atoms with E-state index >= 15 is 0 Å². The molecule has 0 radical (unpaired) electrons. The predicted octanol–water partition coefficient (Wildman–Crippen LogP) is 5.06. The van der Waals surface area contributed by atoms with Crippen LogP contribution in [0.2, 0.25) is 0 Å². The second kappa shape index (κ2) is 4.89. The molecule has 0 aliphatic heterocycles. The number of rotatable bonds is 2. The van der Waals surface area contributed by atoms with Crippen LogP contribution in [-0.2, 0) is 0 Å². The highest BCUT2D eigenvalue weighted by Gasteiger charge is 2.14. The lowest BCUT2D eigenvalue weighted by atomic mass is 9.93. The summed E-state index contributed by atoms with van der Waals surface area (Å²) in [5.74, 6) is -0.377. The quantitative estimate of drug-likeness (QED) is 0.694. The normalized spacial score (nSPS) is 11.0. The van der Waals surface area contributed by atoms with Crippen LogP contribution in [0, 0.1) is 18.6 Å². The van der Waals surface area contributed by atoms with Gasteiger partial charge in [0.15, 0.2) is 0 Å². The molecule has 0 fully saturated rings. The summed E-state index contributed by atoms with van der Waals surface area (Å²) in [7, 11) is 0. The average molecular weight is 246 g/mol. The molecule has 0 nitrogen and oxygen atoms in total. The van der Waals surface area contributed by atoms with Crippen molar-refractivity contribution in [3.05, 3.63) is 59.2 Å². The Morgan fingerprint density at radius 1 is 0.889 bits per heavy atom. The Kier molecular flexibility index (Phi) is 3.46. The summed E-state index contributed by atoms with van der Waals surface area (Å²) in [5.41, 5.74) is 2.85. The van der Waals surface area contributed by atoms with Gasteiger partial charge in [0, 0.05) is 5.56 Å². The Balaban J connectivity index is 2.63. The van der Waals surface area contributed by atoms with Gasteiger partial charge in [-0.15, -0.1) is 0 Å². The summed E-state index contributed by atoms with van der Waals surface area (Å²) in [4.78, 5) is 0. The van der Waals surface area contributed by atoms with E-state index in [4.69, 9.17) is 0 Å². The highest BCUT2D eigenvalue weighted by atomic mass is 19.1. The maximum Gasteiger partial charge on any atom is 0.134 e. The van der Waals surface area contributed by atoms with E-state index in [9.17, 15) is 8.78 Å². The fraction of sp³-hybridized carbons (Fsp3) is 0.250. The molecule has 94 valence electrons. The van der Waals surface area contributed by atoms with Crippen LogP contribution in [0.5, 0.6) is 0 Å². The van der Waals surface area contributed by atoms with Gasteiger partial charge in [0.25, 0.3) is 0 Å². The number of aryl methyl sites for hydroxylation is 1.